The number of rotatable bonds is 5. The van der Waals surface area contributed by atoms with E-state index in [2.05, 4.69) is 31.9 Å². The minimum atomic E-state index is -0.360. The second-order valence-corrected chi connectivity index (χ2v) is 5.35. The van der Waals surface area contributed by atoms with Crippen LogP contribution in [0, 0.1) is 0 Å². The lowest BCUT2D eigenvalue weighted by molar-refractivity contribution is -0.142. The summed E-state index contributed by atoms with van der Waals surface area (Å²) in [4.78, 5) is 11.2. The van der Waals surface area contributed by atoms with Crippen LogP contribution in [0.1, 0.15) is 23.7 Å². The van der Waals surface area contributed by atoms with Gasteiger partial charge in [0.2, 0.25) is 0 Å². The van der Waals surface area contributed by atoms with Crippen molar-refractivity contribution in [2.75, 3.05) is 6.61 Å². The van der Waals surface area contributed by atoms with Gasteiger partial charge in [-0.15, -0.1) is 0 Å². The summed E-state index contributed by atoms with van der Waals surface area (Å²) in [5, 5.41) is 0. The van der Waals surface area contributed by atoms with Gasteiger partial charge in [-0.05, 0) is 12.0 Å². The number of esters is 1. The summed E-state index contributed by atoms with van der Waals surface area (Å²) in [7, 11) is 0. The third-order valence-corrected chi connectivity index (χ3v) is 4.72. The van der Waals surface area contributed by atoms with E-state index in [1.165, 1.54) is 0 Å². The van der Waals surface area contributed by atoms with Crippen LogP contribution in [0.2, 0.25) is 0 Å². The fourth-order valence-corrected chi connectivity index (χ4v) is 2.17. The lowest BCUT2D eigenvalue weighted by atomic mass is 10.1. The summed E-state index contributed by atoms with van der Waals surface area (Å²) >= 11 is 6.85. The average molecular weight is 350 g/mol. The third-order valence-electron chi connectivity index (χ3n) is 2.05. The number of carbonyl (C=O) groups excluding carboxylic acids is 1. The molecule has 0 aliphatic carbocycles. The largest absolute Gasteiger partial charge is 0.465 e. The zero-order valence-corrected chi connectivity index (χ0v) is 12.2. The van der Waals surface area contributed by atoms with Crippen molar-refractivity contribution in [1.82, 2.24) is 0 Å². The second-order valence-electron chi connectivity index (χ2n) is 3.38. The summed E-state index contributed by atoms with van der Waals surface area (Å²) in [5.41, 5.74) is 1.05. The minimum Gasteiger partial charge on any atom is -0.465 e. The Labute approximate surface area is 113 Å². The highest BCUT2D eigenvalue weighted by Crippen LogP contribution is 2.31. The summed E-state index contributed by atoms with van der Waals surface area (Å²) in [6.45, 7) is 2.44. The Hall–Kier alpha value is -0.350. The molecule has 0 fully saturated rings. The highest BCUT2D eigenvalue weighted by molar-refractivity contribution is 9.12. The first-order chi connectivity index (χ1) is 7.66. The van der Waals surface area contributed by atoms with E-state index in [4.69, 9.17) is 4.74 Å². The standard InChI is InChI=1S/C12H14Br2O2/c1-2-8-16-12(15)11(14)10(13)9-6-4-3-5-7-9/h3-7,10-11H,2,8H2,1H3. The molecule has 4 heteroatoms. The topological polar surface area (TPSA) is 26.3 Å². The molecular weight excluding hydrogens is 336 g/mol. The molecule has 0 saturated heterocycles. The molecule has 2 nitrogen and oxygen atoms in total. The van der Waals surface area contributed by atoms with Gasteiger partial charge < -0.3 is 4.74 Å². The highest BCUT2D eigenvalue weighted by Gasteiger charge is 2.25. The Bertz CT molecular complexity index is 327. The van der Waals surface area contributed by atoms with Crippen molar-refractivity contribution in [3.63, 3.8) is 0 Å². The van der Waals surface area contributed by atoms with E-state index in [9.17, 15) is 4.79 Å². The zero-order valence-electron chi connectivity index (χ0n) is 9.03. The van der Waals surface area contributed by atoms with Gasteiger partial charge in [0.05, 0.1) is 11.4 Å². The van der Waals surface area contributed by atoms with Crippen LogP contribution in [0.3, 0.4) is 0 Å². The third kappa shape index (κ3) is 3.91. The smallest absolute Gasteiger partial charge is 0.321 e. The maximum atomic E-state index is 11.6. The summed E-state index contributed by atoms with van der Waals surface area (Å²) in [5.74, 6) is -0.229. The summed E-state index contributed by atoms with van der Waals surface area (Å²) in [6.07, 6.45) is 0.837. The molecule has 0 amide bonds. The van der Waals surface area contributed by atoms with Crippen molar-refractivity contribution >= 4 is 37.8 Å². The maximum Gasteiger partial charge on any atom is 0.321 e. The molecule has 0 heterocycles. The molecular formula is C12H14Br2O2. The van der Waals surface area contributed by atoms with Crippen LogP contribution in [0.5, 0.6) is 0 Å². The molecule has 0 spiro atoms. The van der Waals surface area contributed by atoms with Gasteiger partial charge in [-0.1, -0.05) is 69.1 Å². The lowest BCUT2D eigenvalue weighted by Gasteiger charge is -2.15. The summed E-state index contributed by atoms with van der Waals surface area (Å²) < 4.78 is 5.08. The molecule has 0 saturated carbocycles. The van der Waals surface area contributed by atoms with Gasteiger partial charge in [0.15, 0.2) is 0 Å². The molecule has 2 unspecified atom stereocenters. The van der Waals surface area contributed by atoms with E-state index < -0.39 is 0 Å². The first-order valence-electron chi connectivity index (χ1n) is 5.16. The molecule has 88 valence electrons. The fraction of sp³-hybridized carbons (Fsp3) is 0.417. The minimum absolute atomic E-state index is 0.0712. The second kappa shape index (κ2) is 7.07. The van der Waals surface area contributed by atoms with E-state index in [0.29, 0.717) is 6.61 Å². The molecule has 0 aliphatic heterocycles. The Morgan fingerprint density at radius 2 is 1.94 bits per heavy atom. The van der Waals surface area contributed by atoms with Gasteiger partial charge >= 0.3 is 5.97 Å². The van der Waals surface area contributed by atoms with Crippen LogP contribution >= 0.6 is 31.9 Å². The van der Waals surface area contributed by atoms with Gasteiger partial charge in [0.25, 0.3) is 0 Å². The van der Waals surface area contributed by atoms with Crippen molar-refractivity contribution in [2.24, 2.45) is 0 Å². The number of hydrogen-bond donors (Lipinski definition) is 0. The normalized spacial score (nSPS) is 14.2. The quantitative estimate of drug-likeness (QED) is 0.596. The number of benzene rings is 1. The van der Waals surface area contributed by atoms with E-state index in [-0.39, 0.29) is 15.6 Å². The van der Waals surface area contributed by atoms with Gasteiger partial charge in [-0.3, -0.25) is 4.79 Å². The SMILES string of the molecule is CCCOC(=O)C(Br)C(Br)c1ccccc1. The van der Waals surface area contributed by atoms with Crippen molar-refractivity contribution in [1.29, 1.82) is 0 Å². The fourth-order valence-electron chi connectivity index (χ4n) is 1.21. The molecule has 0 N–H and O–H groups in total. The monoisotopic (exact) mass is 348 g/mol. The van der Waals surface area contributed by atoms with Crippen LogP contribution in [-0.2, 0) is 9.53 Å². The molecule has 1 aromatic carbocycles. The Kier molecular flexibility index (Phi) is 6.06. The van der Waals surface area contributed by atoms with Crippen LogP contribution in [0.4, 0.5) is 0 Å². The molecule has 16 heavy (non-hydrogen) atoms. The van der Waals surface area contributed by atoms with E-state index in [1.807, 2.05) is 37.3 Å². The number of halogens is 2. The molecule has 1 rings (SSSR count). The van der Waals surface area contributed by atoms with Crippen LogP contribution in [0.25, 0.3) is 0 Å². The van der Waals surface area contributed by atoms with E-state index >= 15 is 0 Å². The number of hydrogen-bond acceptors (Lipinski definition) is 2. The predicted molar refractivity (Wildman–Crippen MR) is 72.1 cm³/mol. The van der Waals surface area contributed by atoms with Crippen molar-refractivity contribution in [2.45, 2.75) is 23.0 Å². The van der Waals surface area contributed by atoms with E-state index in [1.54, 1.807) is 0 Å². The molecule has 0 aromatic heterocycles. The Morgan fingerprint density at radius 1 is 1.31 bits per heavy atom. The molecule has 1 aromatic rings. The van der Waals surface area contributed by atoms with Crippen LogP contribution < -0.4 is 0 Å². The predicted octanol–water partition coefficient (Wildman–Crippen LogP) is 3.84. The van der Waals surface area contributed by atoms with Crippen LogP contribution in [-0.4, -0.2) is 17.4 Å². The molecule has 0 bridgehead atoms. The van der Waals surface area contributed by atoms with Gasteiger partial charge in [0, 0.05) is 0 Å². The lowest BCUT2D eigenvalue weighted by Crippen LogP contribution is -2.22. The maximum absolute atomic E-state index is 11.6. The average Bonchev–Trinajstić information content (AvgIpc) is 2.35. The Balaban J connectivity index is 2.60. The summed E-state index contributed by atoms with van der Waals surface area (Å²) in [6, 6.07) is 9.78. The molecule has 2 atom stereocenters. The Morgan fingerprint density at radius 3 is 2.50 bits per heavy atom. The molecule has 0 aliphatic rings. The van der Waals surface area contributed by atoms with Gasteiger partial charge in [-0.25, -0.2) is 0 Å². The molecule has 0 radical (unpaired) electrons. The van der Waals surface area contributed by atoms with Crippen molar-refractivity contribution in [3.8, 4) is 0 Å². The van der Waals surface area contributed by atoms with Crippen molar-refractivity contribution in [3.05, 3.63) is 35.9 Å². The number of alkyl halides is 2. The van der Waals surface area contributed by atoms with E-state index in [0.717, 1.165) is 12.0 Å². The highest BCUT2D eigenvalue weighted by atomic mass is 79.9. The van der Waals surface area contributed by atoms with Crippen molar-refractivity contribution < 1.29 is 9.53 Å². The number of carbonyl (C=O) groups is 1. The van der Waals surface area contributed by atoms with Crippen LogP contribution in [0.15, 0.2) is 30.3 Å². The van der Waals surface area contributed by atoms with Gasteiger partial charge in [-0.2, -0.15) is 0 Å². The number of ether oxygens (including phenoxy) is 1. The zero-order chi connectivity index (χ0) is 12.0. The first kappa shape index (κ1) is 13.7. The van der Waals surface area contributed by atoms with Gasteiger partial charge in [0.1, 0.15) is 4.83 Å². The first-order valence-corrected chi connectivity index (χ1v) is 6.99.